The van der Waals surface area contributed by atoms with Crippen molar-refractivity contribution in [3.8, 4) is 5.69 Å². The van der Waals surface area contributed by atoms with Crippen molar-refractivity contribution in [2.45, 2.75) is 13.0 Å². The molecule has 2 aromatic heterocycles. The van der Waals surface area contributed by atoms with Crippen LogP contribution >= 0.6 is 11.6 Å². The van der Waals surface area contributed by atoms with E-state index in [2.05, 4.69) is 15.4 Å². The summed E-state index contributed by atoms with van der Waals surface area (Å²) in [5, 5.41) is 8.30. The van der Waals surface area contributed by atoms with Crippen LogP contribution < -0.4 is 5.32 Å². The van der Waals surface area contributed by atoms with E-state index in [0.717, 1.165) is 10.9 Å². The minimum absolute atomic E-state index is 0.160. The van der Waals surface area contributed by atoms with Crippen LogP contribution in [0.2, 0.25) is 5.02 Å². The molecule has 0 spiro atoms. The number of amides is 1. The van der Waals surface area contributed by atoms with Crippen LogP contribution in [0.5, 0.6) is 0 Å². The highest BCUT2D eigenvalue weighted by molar-refractivity contribution is 6.31. The van der Waals surface area contributed by atoms with E-state index >= 15 is 0 Å². The second kappa shape index (κ2) is 8.79. The maximum atomic E-state index is 12.3. The van der Waals surface area contributed by atoms with Gasteiger partial charge in [-0.3, -0.25) is 9.59 Å². The topological polar surface area (TPSA) is 91.0 Å². The highest BCUT2D eigenvalue weighted by atomic mass is 35.5. The Morgan fingerprint density at radius 2 is 2.00 bits per heavy atom. The standard InChI is InChI=1S/C21H18ClN5O3/c22-16-5-6-19(27-14-23-13-24-27)17(11-16)25-20(28)12-30-21(29)8-10-26-9-7-15-3-1-2-4-18(15)26/h1-7,9,11,13-14H,8,10,12H2,(H,25,28). The van der Waals surface area contributed by atoms with Gasteiger partial charge in [0.05, 0.1) is 17.8 Å². The number of carbonyl (C=O) groups excluding carboxylic acids is 2. The number of halogens is 1. The number of hydrogen-bond acceptors (Lipinski definition) is 5. The van der Waals surface area contributed by atoms with Crippen molar-refractivity contribution in [3.63, 3.8) is 0 Å². The Bertz CT molecular complexity index is 1190. The van der Waals surface area contributed by atoms with Gasteiger partial charge in [0.25, 0.3) is 5.91 Å². The Morgan fingerprint density at radius 3 is 2.83 bits per heavy atom. The van der Waals surface area contributed by atoms with E-state index in [-0.39, 0.29) is 6.42 Å². The molecule has 0 saturated heterocycles. The van der Waals surface area contributed by atoms with Crippen molar-refractivity contribution >= 4 is 40.1 Å². The van der Waals surface area contributed by atoms with E-state index < -0.39 is 18.5 Å². The molecule has 30 heavy (non-hydrogen) atoms. The number of nitrogens with zero attached hydrogens (tertiary/aromatic N) is 4. The van der Waals surface area contributed by atoms with Crippen LogP contribution in [-0.2, 0) is 20.9 Å². The van der Waals surface area contributed by atoms with Gasteiger partial charge >= 0.3 is 5.97 Å². The Balaban J connectivity index is 1.32. The number of esters is 1. The third-order valence-corrected chi connectivity index (χ3v) is 4.73. The summed E-state index contributed by atoms with van der Waals surface area (Å²) < 4.78 is 8.59. The summed E-state index contributed by atoms with van der Waals surface area (Å²) in [6.07, 6.45) is 4.97. The van der Waals surface area contributed by atoms with E-state index in [0.29, 0.717) is 22.9 Å². The molecule has 0 aliphatic carbocycles. The fourth-order valence-electron chi connectivity index (χ4n) is 3.09. The van der Waals surface area contributed by atoms with Gasteiger partial charge in [0.1, 0.15) is 12.7 Å². The van der Waals surface area contributed by atoms with Crippen LogP contribution in [0, 0.1) is 0 Å². The second-order valence-corrected chi connectivity index (χ2v) is 6.96. The molecule has 0 aliphatic rings. The molecule has 0 radical (unpaired) electrons. The summed E-state index contributed by atoms with van der Waals surface area (Å²) in [4.78, 5) is 28.3. The lowest BCUT2D eigenvalue weighted by Gasteiger charge is -2.12. The van der Waals surface area contributed by atoms with Gasteiger partial charge in [-0.1, -0.05) is 29.8 Å². The predicted molar refractivity (Wildman–Crippen MR) is 113 cm³/mol. The molecule has 152 valence electrons. The summed E-state index contributed by atoms with van der Waals surface area (Å²) >= 11 is 6.04. The van der Waals surface area contributed by atoms with Gasteiger partial charge < -0.3 is 14.6 Å². The lowest BCUT2D eigenvalue weighted by molar-refractivity contribution is -0.147. The SMILES string of the molecule is O=C(COC(=O)CCn1ccc2ccccc21)Nc1cc(Cl)ccc1-n1cncn1. The fraction of sp³-hybridized carbons (Fsp3) is 0.143. The quantitative estimate of drug-likeness (QED) is 0.460. The van der Waals surface area contributed by atoms with Crippen molar-refractivity contribution in [1.82, 2.24) is 19.3 Å². The lowest BCUT2D eigenvalue weighted by atomic mass is 10.2. The number of benzene rings is 2. The predicted octanol–water partition coefficient (Wildman–Crippen LogP) is 3.45. The molecule has 0 bridgehead atoms. The van der Waals surface area contributed by atoms with Gasteiger partial charge in [0, 0.05) is 23.3 Å². The highest BCUT2D eigenvalue weighted by Gasteiger charge is 2.13. The average molecular weight is 424 g/mol. The molecular weight excluding hydrogens is 406 g/mol. The summed E-state index contributed by atoms with van der Waals surface area (Å²) in [5.41, 5.74) is 2.08. The molecule has 2 aromatic carbocycles. The van der Waals surface area contributed by atoms with E-state index in [1.54, 1.807) is 18.2 Å². The Morgan fingerprint density at radius 1 is 1.13 bits per heavy atom. The molecule has 0 atom stereocenters. The van der Waals surface area contributed by atoms with E-state index in [1.807, 2.05) is 41.1 Å². The fourth-order valence-corrected chi connectivity index (χ4v) is 3.26. The number of fused-ring (bicyclic) bond motifs is 1. The molecule has 1 N–H and O–H groups in total. The van der Waals surface area contributed by atoms with Crippen LogP contribution in [0.1, 0.15) is 6.42 Å². The first kappa shape index (κ1) is 19.7. The number of anilines is 1. The van der Waals surface area contributed by atoms with E-state index in [1.165, 1.54) is 17.3 Å². The number of para-hydroxylation sites is 1. The summed E-state index contributed by atoms with van der Waals surface area (Å²) in [6, 6.07) is 14.9. The smallest absolute Gasteiger partial charge is 0.308 e. The molecule has 4 aromatic rings. The van der Waals surface area contributed by atoms with E-state index in [9.17, 15) is 9.59 Å². The maximum absolute atomic E-state index is 12.3. The van der Waals surface area contributed by atoms with Crippen molar-refractivity contribution in [2.75, 3.05) is 11.9 Å². The minimum atomic E-state index is -0.474. The second-order valence-electron chi connectivity index (χ2n) is 6.53. The largest absolute Gasteiger partial charge is 0.456 e. The molecule has 9 heteroatoms. The van der Waals surface area contributed by atoms with Crippen molar-refractivity contribution in [3.05, 3.63) is 72.4 Å². The highest BCUT2D eigenvalue weighted by Crippen LogP contribution is 2.24. The van der Waals surface area contributed by atoms with Crippen molar-refractivity contribution < 1.29 is 14.3 Å². The monoisotopic (exact) mass is 423 g/mol. The van der Waals surface area contributed by atoms with Gasteiger partial charge in [-0.25, -0.2) is 9.67 Å². The zero-order valence-corrected chi connectivity index (χ0v) is 16.6. The Labute approximate surface area is 177 Å². The van der Waals surface area contributed by atoms with Crippen molar-refractivity contribution in [2.24, 2.45) is 0 Å². The minimum Gasteiger partial charge on any atom is -0.456 e. The first-order valence-corrected chi connectivity index (χ1v) is 9.62. The van der Waals surface area contributed by atoms with Gasteiger partial charge in [-0.2, -0.15) is 5.10 Å². The summed E-state index contributed by atoms with van der Waals surface area (Å²) in [5.74, 6) is -0.927. The molecule has 0 saturated carbocycles. The first-order valence-electron chi connectivity index (χ1n) is 9.24. The van der Waals surface area contributed by atoms with Crippen LogP contribution in [-0.4, -0.2) is 37.8 Å². The summed E-state index contributed by atoms with van der Waals surface area (Å²) in [7, 11) is 0. The summed E-state index contributed by atoms with van der Waals surface area (Å²) in [6.45, 7) is 0.0767. The molecule has 1 amide bonds. The van der Waals surface area contributed by atoms with Crippen LogP contribution in [0.3, 0.4) is 0 Å². The lowest BCUT2D eigenvalue weighted by Crippen LogP contribution is -2.22. The number of carbonyl (C=O) groups is 2. The first-order chi connectivity index (χ1) is 14.6. The molecule has 8 nitrogen and oxygen atoms in total. The molecular formula is C21H18ClN5O3. The number of hydrogen-bond donors (Lipinski definition) is 1. The number of nitrogens with one attached hydrogen (secondary N) is 1. The molecule has 0 fully saturated rings. The van der Waals surface area contributed by atoms with Gasteiger partial charge in [-0.05, 0) is 35.7 Å². The number of ether oxygens (including phenoxy) is 1. The van der Waals surface area contributed by atoms with Crippen LogP contribution in [0.4, 0.5) is 5.69 Å². The van der Waals surface area contributed by atoms with E-state index in [4.69, 9.17) is 16.3 Å². The molecule has 2 heterocycles. The third-order valence-electron chi connectivity index (χ3n) is 4.50. The normalized spacial score (nSPS) is 10.8. The zero-order chi connectivity index (χ0) is 20.9. The van der Waals surface area contributed by atoms with Crippen LogP contribution in [0.15, 0.2) is 67.4 Å². The van der Waals surface area contributed by atoms with Crippen molar-refractivity contribution in [1.29, 1.82) is 0 Å². The van der Waals surface area contributed by atoms with Gasteiger partial charge in [-0.15, -0.1) is 0 Å². The molecule has 0 aliphatic heterocycles. The Hall–Kier alpha value is -3.65. The molecule has 0 unspecified atom stereocenters. The molecule has 4 rings (SSSR count). The number of rotatable bonds is 7. The Kier molecular flexibility index (Phi) is 5.76. The van der Waals surface area contributed by atoms with Crippen LogP contribution in [0.25, 0.3) is 16.6 Å². The third kappa shape index (κ3) is 4.49. The van der Waals surface area contributed by atoms with Gasteiger partial charge in [0.2, 0.25) is 0 Å². The average Bonchev–Trinajstić information content (AvgIpc) is 3.41. The maximum Gasteiger partial charge on any atom is 0.308 e. The number of aromatic nitrogens is 4. The van der Waals surface area contributed by atoms with Gasteiger partial charge in [0.15, 0.2) is 6.61 Å². The number of aryl methyl sites for hydroxylation is 1. The zero-order valence-electron chi connectivity index (χ0n) is 15.9.